The first kappa shape index (κ1) is 20.1. The molecule has 142 valence electrons. The average Bonchev–Trinajstić information content (AvgIpc) is 2.86. The van der Waals surface area contributed by atoms with Crippen LogP contribution in [0.1, 0.15) is 33.6 Å². The van der Waals surface area contributed by atoms with Gasteiger partial charge in [-0.3, -0.25) is 9.59 Å². The first-order chi connectivity index (χ1) is 12.3. The van der Waals surface area contributed by atoms with Gasteiger partial charge in [-0.15, -0.1) is 0 Å². The molecule has 0 radical (unpaired) electrons. The van der Waals surface area contributed by atoms with Crippen molar-refractivity contribution in [2.45, 2.75) is 51.9 Å². The van der Waals surface area contributed by atoms with E-state index in [4.69, 9.17) is 14.2 Å². The van der Waals surface area contributed by atoms with E-state index in [1.54, 1.807) is 19.9 Å². The van der Waals surface area contributed by atoms with Crippen LogP contribution < -0.4 is 0 Å². The molecule has 0 amide bonds. The van der Waals surface area contributed by atoms with E-state index in [1.807, 2.05) is 13.0 Å². The van der Waals surface area contributed by atoms with Crippen LogP contribution in [0.3, 0.4) is 0 Å². The van der Waals surface area contributed by atoms with Crippen LogP contribution in [0.4, 0.5) is 0 Å². The van der Waals surface area contributed by atoms with Crippen LogP contribution in [0.25, 0.3) is 0 Å². The zero-order valence-corrected chi connectivity index (χ0v) is 15.7. The Morgan fingerprint density at radius 2 is 2.12 bits per heavy atom. The van der Waals surface area contributed by atoms with Gasteiger partial charge in [0, 0.05) is 18.3 Å². The van der Waals surface area contributed by atoms with E-state index >= 15 is 0 Å². The molecule has 1 aliphatic carbocycles. The van der Waals surface area contributed by atoms with E-state index in [0.717, 1.165) is 12.0 Å². The molecule has 1 saturated heterocycles. The predicted octanol–water partition coefficient (Wildman–Crippen LogP) is 2.53. The minimum Gasteiger partial charge on any atom is -0.458 e. The highest BCUT2D eigenvalue weighted by atomic mass is 16.6. The van der Waals surface area contributed by atoms with Gasteiger partial charge in [0.25, 0.3) is 0 Å². The van der Waals surface area contributed by atoms with E-state index in [-0.39, 0.29) is 11.5 Å². The van der Waals surface area contributed by atoms with Crippen LogP contribution in [0, 0.1) is 11.8 Å². The fraction of sp³-hybridized carbons (Fsp3) is 0.550. The number of aldehydes is 1. The van der Waals surface area contributed by atoms with Crippen LogP contribution in [0.15, 0.2) is 35.5 Å². The standard InChI is InChI=1S/C20H26O6/c1-11(2)19(22)26-18-16-13(4)20(23)25-15(16)9-12(3)7-6-8-14(10-21)17(18)24-5/h8-11,15-18H,4,6-7H2,1-3,5H3/b12-9-,14-8-. The Kier molecular flexibility index (Phi) is 6.53. The number of hydrogen-bond acceptors (Lipinski definition) is 6. The lowest BCUT2D eigenvalue weighted by Gasteiger charge is -2.33. The number of ether oxygens (including phenoxy) is 3. The molecule has 0 aromatic heterocycles. The Morgan fingerprint density at radius 1 is 1.42 bits per heavy atom. The molecular weight excluding hydrogens is 336 g/mol. The van der Waals surface area contributed by atoms with Gasteiger partial charge >= 0.3 is 11.9 Å². The van der Waals surface area contributed by atoms with Crippen LogP contribution in [-0.2, 0) is 28.6 Å². The number of hydrogen-bond donors (Lipinski definition) is 0. The fourth-order valence-electron chi connectivity index (χ4n) is 3.24. The molecule has 2 rings (SSSR count). The van der Waals surface area contributed by atoms with Gasteiger partial charge in [0.05, 0.1) is 11.8 Å². The van der Waals surface area contributed by atoms with Gasteiger partial charge in [-0.2, -0.15) is 0 Å². The number of esters is 2. The maximum atomic E-state index is 12.3. The molecule has 1 fully saturated rings. The average molecular weight is 362 g/mol. The predicted molar refractivity (Wildman–Crippen MR) is 95.2 cm³/mol. The fourth-order valence-corrected chi connectivity index (χ4v) is 3.24. The quantitative estimate of drug-likeness (QED) is 0.331. The third kappa shape index (κ3) is 4.12. The molecule has 2 aliphatic rings. The van der Waals surface area contributed by atoms with E-state index in [1.165, 1.54) is 7.11 Å². The molecule has 4 unspecified atom stereocenters. The van der Waals surface area contributed by atoms with Crippen molar-refractivity contribution in [2.75, 3.05) is 7.11 Å². The van der Waals surface area contributed by atoms with Gasteiger partial charge < -0.3 is 14.2 Å². The summed E-state index contributed by atoms with van der Waals surface area (Å²) in [5, 5.41) is 0. The van der Waals surface area contributed by atoms with Crippen LogP contribution >= 0.6 is 0 Å². The van der Waals surface area contributed by atoms with Gasteiger partial charge in [0.1, 0.15) is 24.6 Å². The molecule has 1 aliphatic heterocycles. The second-order valence-corrected chi connectivity index (χ2v) is 7.01. The lowest BCUT2D eigenvalue weighted by molar-refractivity contribution is -0.163. The second-order valence-electron chi connectivity index (χ2n) is 7.01. The monoisotopic (exact) mass is 362 g/mol. The summed E-state index contributed by atoms with van der Waals surface area (Å²) in [6.45, 7) is 9.20. The zero-order valence-electron chi connectivity index (χ0n) is 15.7. The number of fused-ring (bicyclic) bond motifs is 1. The first-order valence-corrected chi connectivity index (χ1v) is 8.75. The van der Waals surface area contributed by atoms with Gasteiger partial charge in [-0.05, 0) is 25.8 Å². The summed E-state index contributed by atoms with van der Waals surface area (Å²) in [5.74, 6) is -1.95. The maximum Gasteiger partial charge on any atom is 0.334 e. The Balaban J connectivity index is 2.55. The van der Waals surface area contributed by atoms with Crippen molar-refractivity contribution in [2.24, 2.45) is 11.8 Å². The van der Waals surface area contributed by atoms with Crippen molar-refractivity contribution in [1.29, 1.82) is 0 Å². The van der Waals surface area contributed by atoms with Crippen LogP contribution in [0.5, 0.6) is 0 Å². The highest BCUT2D eigenvalue weighted by Crippen LogP contribution is 2.37. The Bertz CT molecular complexity index is 657. The number of carbonyl (C=O) groups is 3. The molecule has 0 N–H and O–H groups in total. The molecule has 0 aromatic rings. The highest BCUT2D eigenvalue weighted by molar-refractivity contribution is 5.91. The molecular formula is C20H26O6. The Morgan fingerprint density at radius 3 is 2.69 bits per heavy atom. The maximum absolute atomic E-state index is 12.3. The minimum absolute atomic E-state index is 0.216. The van der Waals surface area contributed by atoms with E-state index in [2.05, 4.69) is 6.58 Å². The van der Waals surface area contributed by atoms with Gasteiger partial charge in [-0.1, -0.05) is 32.1 Å². The summed E-state index contributed by atoms with van der Waals surface area (Å²) < 4.78 is 16.7. The Labute approximate surface area is 153 Å². The van der Waals surface area contributed by atoms with Crippen molar-refractivity contribution in [3.05, 3.63) is 35.5 Å². The molecule has 1 heterocycles. The van der Waals surface area contributed by atoms with Crippen molar-refractivity contribution in [3.63, 3.8) is 0 Å². The molecule has 0 saturated carbocycles. The van der Waals surface area contributed by atoms with Gasteiger partial charge in [0.2, 0.25) is 0 Å². The minimum atomic E-state index is -0.891. The van der Waals surface area contributed by atoms with Crippen LogP contribution in [0.2, 0.25) is 0 Å². The molecule has 6 heteroatoms. The topological polar surface area (TPSA) is 78.9 Å². The normalized spacial score (nSPS) is 33.4. The summed E-state index contributed by atoms with van der Waals surface area (Å²) in [5.41, 5.74) is 1.62. The molecule has 0 bridgehead atoms. The molecule has 0 aromatic carbocycles. The number of rotatable bonds is 4. The summed E-state index contributed by atoms with van der Waals surface area (Å²) in [4.78, 5) is 36.1. The molecule has 26 heavy (non-hydrogen) atoms. The van der Waals surface area contributed by atoms with Crippen molar-refractivity contribution < 1.29 is 28.6 Å². The Hall–Kier alpha value is -2.21. The van der Waals surface area contributed by atoms with Crippen molar-refractivity contribution in [1.82, 2.24) is 0 Å². The summed E-state index contributed by atoms with van der Waals surface area (Å²) in [7, 11) is 1.44. The lowest BCUT2D eigenvalue weighted by Crippen LogP contribution is -2.44. The summed E-state index contributed by atoms with van der Waals surface area (Å²) in [6, 6.07) is 0. The number of methoxy groups -OCH3 is 1. The van der Waals surface area contributed by atoms with E-state index in [0.29, 0.717) is 18.3 Å². The number of carbonyl (C=O) groups excluding carboxylic acids is 3. The summed E-state index contributed by atoms with van der Waals surface area (Å²) in [6.07, 6.45) is 3.41. The van der Waals surface area contributed by atoms with E-state index < -0.39 is 36.2 Å². The van der Waals surface area contributed by atoms with Crippen LogP contribution in [-0.4, -0.2) is 43.6 Å². The SMILES string of the molecule is C=C1C(=O)OC2/C=C(/C)CC/C=C(/C=O)C(OC)C(OC(=O)C(C)C)C12. The van der Waals surface area contributed by atoms with Gasteiger partial charge in [-0.25, -0.2) is 4.79 Å². The molecule has 6 nitrogen and oxygen atoms in total. The second kappa shape index (κ2) is 8.45. The molecule has 0 spiro atoms. The number of allylic oxidation sites excluding steroid dienone is 2. The lowest BCUT2D eigenvalue weighted by atomic mass is 9.83. The third-order valence-electron chi connectivity index (χ3n) is 4.72. The zero-order chi connectivity index (χ0) is 19.4. The molecule has 4 atom stereocenters. The van der Waals surface area contributed by atoms with Crippen molar-refractivity contribution in [3.8, 4) is 0 Å². The highest BCUT2D eigenvalue weighted by Gasteiger charge is 2.48. The third-order valence-corrected chi connectivity index (χ3v) is 4.72. The summed E-state index contributed by atoms with van der Waals surface area (Å²) >= 11 is 0. The van der Waals surface area contributed by atoms with Gasteiger partial charge in [0.15, 0.2) is 0 Å². The smallest absolute Gasteiger partial charge is 0.334 e. The van der Waals surface area contributed by atoms with Crippen molar-refractivity contribution >= 4 is 18.2 Å². The van der Waals surface area contributed by atoms with E-state index in [9.17, 15) is 14.4 Å². The largest absolute Gasteiger partial charge is 0.458 e. The first-order valence-electron chi connectivity index (χ1n) is 8.75.